The van der Waals surface area contributed by atoms with E-state index in [2.05, 4.69) is 20.4 Å². The van der Waals surface area contributed by atoms with E-state index in [-0.39, 0.29) is 17.3 Å². The van der Waals surface area contributed by atoms with Crippen LogP contribution in [0.5, 0.6) is 0 Å². The molecule has 0 aliphatic heterocycles. The maximum Gasteiger partial charge on any atom is 0.501 e. The molecule has 0 atom stereocenters. The van der Waals surface area contributed by atoms with E-state index in [1.54, 1.807) is 6.07 Å². The van der Waals surface area contributed by atoms with Crippen molar-refractivity contribution in [3.63, 3.8) is 0 Å². The largest absolute Gasteiger partial charge is 0.501 e. The van der Waals surface area contributed by atoms with Gasteiger partial charge in [0.05, 0.1) is 27.9 Å². The quantitative estimate of drug-likeness (QED) is 0.498. The minimum absolute atomic E-state index is 0.219. The number of nitro groups is 1. The molecule has 146 valence electrons. The highest BCUT2D eigenvalue weighted by molar-refractivity contribution is 7.92. The van der Waals surface area contributed by atoms with Crippen LogP contribution in [0.15, 0.2) is 53.9 Å². The molecule has 14 heteroatoms. The first-order valence-corrected chi connectivity index (χ1v) is 8.77. The van der Waals surface area contributed by atoms with Crippen LogP contribution in [0, 0.1) is 10.1 Å². The third-order valence-electron chi connectivity index (χ3n) is 3.40. The fourth-order valence-corrected chi connectivity index (χ4v) is 2.91. The van der Waals surface area contributed by atoms with Gasteiger partial charge < -0.3 is 5.32 Å². The summed E-state index contributed by atoms with van der Waals surface area (Å²) in [5.74, 6) is 0.219. The molecule has 0 aliphatic carbocycles. The molecule has 0 bridgehead atoms. The van der Waals surface area contributed by atoms with Gasteiger partial charge in [-0.05, 0) is 18.2 Å². The monoisotopic (exact) mass is 414 g/mol. The molecule has 0 saturated heterocycles. The number of nitrogens with zero attached hydrogens (tertiary/aromatic N) is 5. The van der Waals surface area contributed by atoms with Crippen molar-refractivity contribution in [3.05, 3.63) is 59.2 Å². The lowest BCUT2D eigenvalue weighted by molar-refractivity contribution is -0.384. The molecular weight excluding hydrogens is 405 g/mol. The topological polar surface area (TPSA) is 133 Å². The van der Waals surface area contributed by atoms with Crippen molar-refractivity contribution in [1.29, 1.82) is 0 Å². The molecule has 0 amide bonds. The van der Waals surface area contributed by atoms with Crippen LogP contribution in [0.4, 0.5) is 30.2 Å². The lowest BCUT2D eigenvalue weighted by atomic mass is 10.2. The summed E-state index contributed by atoms with van der Waals surface area (Å²) in [6, 6.07) is 3.43. The Morgan fingerprint density at radius 2 is 1.86 bits per heavy atom. The van der Waals surface area contributed by atoms with Crippen LogP contribution in [0.3, 0.4) is 0 Å². The first kappa shape index (κ1) is 19.2. The highest BCUT2D eigenvalue weighted by atomic mass is 32.2. The van der Waals surface area contributed by atoms with Crippen molar-refractivity contribution in [2.45, 2.75) is 10.4 Å². The Hall–Kier alpha value is -3.55. The van der Waals surface area contributed by atoms with E-state index in [0.29, 0.717) is 12.1 Å². The minimum atomic E-state index is -5.72. The maximum absolute atomic E-state index is 12.7. The number of anilines is 2. The fourth-order valence-electron chi connectivity index (χ4n) is 2.13. The van der Waals surface area contributed by atoms with Crippen molar-refractivity contribution in [2.75, 3.05) is 5.32 Å². The smallest absolute Gasteiger partial charge is 0.347 e. The molecular formula is C14H9F3N6O4S. The van der Waals surface area contributed by atoms with E-state index >= 15 is 0 Å². The Kier molecular flexibility index (Phi) is 4.72. The van der Waals surface area contributed by atoms with Gasteiger partial charge in [-0.3, -0.25) is 10.1 Å². The number of benzene rings is 1. The van der Waals surface area contributed by atoms with Crippen LogP contribution >= 0.6 is 0 Å². The van der Waals surface area contributed by atoms with Gasteiger partial charge in [0.25, 0.3) is 15.5 Å². The zero-order valence-electron chi connectivity index (χ0n) is 13.5. The second-order valence-electron chi connectivity index (χ2n) is 5.23. The summed E-state index contributed by atoms with van der Waals surface area (Å²) >= 11 is 0. The summed E-state index contributed by atoms with van der Waals surface area (Å²) in [6.07, 6.45) is 5.61. The van der Waals surface area contributed by atoms with E-state index < -0.39 is 30.9 Å². The highest BCUT2D eigenvalue weighted by Crippen LogP contribution is 2.35. The first-order chi connectivity index (χ1) is 13.1. The molecule has 2 aromatic heterocycles. The van der Waals surface area contributed by atoms with Crippen LogP contribution < -0.4 is 5.32 Å². The van der Waals surface area contributed by atoms with Gasteiger partial charge in [-0.25, -0.2) is 23.1 Å². The van der Waals surface area contributed by atoms with Gasteiger partial charge >= 0.3 is 5.51 Å². The molecule has 1 N–H and O–H groups in total. The number of nitrogens with one attached hydrogen (secondary N) is 1. The Labute approximate surface area is 154 Å². The lowest BCUT2D eigenvalue weighted by Crippen LogP contribution is -2.23. The number of hydrogen-bond donors (Lipinski definition) is 1. The number of sulfone groups is 1. The van der Waals surface area contributed by atoms with Crippen LogP contribution in [-0.2, 0) is 9.84 Å². The average Bonchev–Trinajstić information content (AvgIpc) is 3.10. The maximum atomic E-state index is 12.7. The SMILES string of the molecule is O=[N+]([O-])c1cc(S(=O)(=O)C(F)(F)F)ccc1Nc1cnn(-c2ncccn2)c1. The number of aromatic nitrogens is 4. The molecule has 0 spiro atoms. The molecule has 0 fully saturated rings. The summed E-state index contributed by atoms with van der Waals surface area (Å²) in [5, 5.41) is 17.8. The second-order valence-corrected chi connectivity index (χ2v) is 7.17. The predicted octanol–water partition coefficient (Wildman–Crippen LogP) is 2.61. The Balaban J connectivity index is 1.95. The van der Waals surface area contributed by atoms with E-state index in [0.717, 1.165) is 6.07 Å². The third-order valence-corrected chi connectivity index (χ3v) is 4.88. The number of nitro benzene ring substituents is 1. The average molecular weight is 414 g/mol. The van der Waals surface area contributed by atoms with Crippen molar-refractivity contribution < 1.29 is 26.5 Å². The first-order valence-electron chi connectivity index (χ1n) is 7.28. The van der Waals surface area contributed by atoms with Crippen molar-refractivity contribution in [3.8, 4) is 5.95 Å². The zero-order valence-corrected chi connectivity index (χ0v) is 14.3. The van der Waals surface area contributed by atoms with Gasteiger partial charge in [0.15, 0.2) is 0 Å². The minimum Gasteiger partial charge on any atom is -0.347 e. The van der Waals surface area contributed by atoms with Gasteiger partial charge in [0, 0.05) is 18.5 Å². The standard InChI is InChI=1S/C14H9F3N6O4S/c15-14(16,17)28(26,27)10-2-3-11(12(6-10)23(24)25)21-9-7-20-22(8-9)13-18-4-1-5-19-13/h1-8,21H. The molecule has 2 heterocycles. The molecule has 0 aliphatic rings. The second kappa shape index (κ2) is 6.88. The molecule has 10 nitrogen and oxygen atoms in total. The Bertz CT molecular complexity index is 1130. The highest BCUT2D eigenvalue weighted by Gasteiger charge is 2.47. The van der Waals surface area contributed by atoms with Gasteiger partial charge in [-0.15, -0.1) is 0 Å². The fraction of sp³-hybridized carbons (Fsp3) is 0.0714. The summed E-state index contributed by atoms with van der Waals surface area (Å²) < 4.78 is 62.2. The van der Waals surface area contributed by atoms with Gasteiger partial charge in [0.2, 0.25) is 5.95 Å². The van der Waals surface area contributed by atoms with E-state index in [1.165, 1.54) is 29.5 Å². The summed E-state index contributed by atoms with van der Waals surface area (Å²) in [6.45, 7) is 0. The van der Waals surface area contributed by atoms with Gasteiger partial charge in [-0.1, -0.05) is 0 Å². The Morgan fingerprint density at radius 3 is 2.46 bits per heavy atom. The summed E-state index contributed by atoms with van der Waals surface area (Å²) in [4.78, 5) is 16.9. The van der Waals surface area contributed by atoms with E-state index in [4.69, 9.17) is 0 Å². The van der Waals surface area contributed by atoms with Crippen LogP contribution in [0.1, 0.15) is 0 Å². The number of hydrogen-bond acceptors (Lipinski definition) is 8. The molecule has 0 unspecified atom stereocenters. The molecule has 1 aromatic carbocycles. The number of rotatable bonds is 5. The van der Waals surface area contributed by atoms with Gasteiger partial charge in [0.1, 0.15) is 5.69 Å². The third kappa shape index (κ3) is 3.62. The molecule has 28 heavy (non-hydrogen) atoms. The molecule has 3 aromatic rings. The van der Waals surface area contributed by atoms with Crippen LogP contribution in [-0.4, -0.2) is 38.6 Å². The van der Waals surface area contributed by atoms with Crippen LogP contribution in [0.25, 0.3) is 5.95 Å². The predicted molar refractivity (Wildman–Crippen MR) is 88.8 cm³/mol. The molecule has 0 saturated carbocycles. The zero-order chi connectivity index (χ0) is 20.5. The van der Waals surface area contributed by atoms with Gasteiger partial charge in [-0.2, -0.15) is 18.3 Å². The number of alkyl halides is 3. The van der Waals surface area contributed by atoms with Crippen LogP contribution in [0.2, 0.25) is 0 Å². The summed E-state index contributed by atoms with van der Waals surface area (Å²) in [5.41, 5.74) is -6.41. The van der Waals surface area contributed by atoms with Crippen molar-refractivity contribution in [2.24, 2.45) is 0 Å². The lowest BCUT2D eigenvalue weighted by Gasteiger charge is -2.10. The summed E-state index contributed by atoms with van der Waals surface area (Å²) in [7, 11) is -5.72. The molecule has 3 rings (SSSR count). The number of halogens is 3. The van der Waals surface area contributed by atoms with E-state index in [1.807, 2.05) is 0 Å². The molecule has 0 radical (unpaired) electrons. The van der Waals surface area contributed by atoms with Crippen molar-refractivity contribution in [1.82, 2.24) is 19.7 Å². The normalized spacial score (nSPS) is 12.0. The van der Waals surface area contributed by atoms with Crippen molar-refractivity contribution >= 4 is 26.9 Å². The van der Waals surface area contributed by atoms with E-state index in [9.17, 15) is 31.7 Å². The Morgan fingerprint density at radius 1 is 1.18 bits per heavy atom.